The van der Waals surface area contributed by atoms with Crippen LogP contribution in [0.4, 0.5) is 24.8 Å². The number of nitrogens with zero attached hydrogens (tertiary/aromatic N) is 3. The van der Waals surface area contributed by atoms with Gasteiger partial charge in [0.25, 0.3) is 0 Å². The lowest BCUT2D eigenvalue weighted by Gasteiger charge is -2.36. The number of fused-ring (bicyclic) bond motifs is 2. The summed E-state index contributed by atoms with van der Waals surface area (Å²) in [6.45, 7) is 8.95. The fourth-order valence-electron chi connectivity index (χ4n) is 4.42. The standard InChI is InChI=1S/C27H32F3N5O5S/c1-14-22-15(24(36)40-26(14,4)5)7-8-20(35-22)34-21-11-16-17(12-32-21)23(33-13-18(16)25(2,3)31)39-19(27(28,29)30)9-10-41(6,37)38/h7-8,11-14,19H,9-10,31H2,1-6H3,(H,32,34,35)/t14-,19-/m1/s1. The van der Waals surface area contributed by atoms with E-state index in [1.54, 1.807) is 45.9 Å². The number of anilines is 2. The van der Waals surface area contributed by atoms with Crippen molar-refractivity contribution in [1.29, 1.82) is 0 Å². The quantitative estimate of drug-likeness (QED) is 0.350. The summed E-state index contributed by atoms with van der Waals surface area (Å²) in [6, 6.07) is 4.80. The molecule has 222 valence electrons. The van der Waals surface area contributed by atoms with Crippen molar-refractivity contribution in [2.75, 3.05) is 17.3 Å². The van der Waals surface area contributed by atoms with Gasteiger partial charge in [0.15, 0.2) is 6.10 Å². The van der Waals surface area contributed by atoms with Crippen molar-refractivity contribution < 1.29 is 35.9 Å². The molecule has 3 aromatic rings. The van der Waals surface area contributed by atoms with Crippen LogP contribution in [0, 0.1) is 0 Å². The van der Waals surface area contributed by atoms with Crippen LogP contribution >= 0.6 is 0 Å². The van der Waals surface area contributed by atoms with Gasteiger partial charge in [-0.3, -0.25) is 0 Å². The van der Waals surface area contributed by atoms with E-state index in [0.29, 0.717) is 33.8 Å². The summed E-state index contributed by atoms with van der Waals surface area (Å²) in [5.41, 5.74) is 6.10. The van der Waals surface area contributed by atoms with Gasteiger partial charge in [-0.25, -0.2) is 28.2 Å². The van der Waals surface area contributed by atoms with Gasteiger partial charge in [0, 0.05) is 36.5 Å². The highest BCUT2D eigenvalue weighted by Gasteiger charge is 2.43. The zero-order chi connectivity index (χ0) is 30.5. The van der Waals surface area contributed by atoms with E-state index in [1.807, 2.05) is 6.92 Å². The van der Waals surface area contributed by atoms with Crippen LogP contribution in [-0.4, -0.2) is 59.2 Å². The highest BCUT2D eigenvalue weighted by atomic mass is 32.2. The first-order valence-electron chi connectivity index (χ1n) is 12.8. The number of alkyl halides is 3. The van der Waals surface area contributed by atoms with Crippen molar-refractivity contribution in [2.45, 2.75) is 70.4 Å². The molecule has 0 bridgehead atoms. The lowest BCUT2D eigenvalue weighted by molar-refractivity contribution is -0.195. The topological polar surface area (TPSA) is 146 Å². The molecule has 0 aromatic carbocycles. The number of sulfone groups is 1. The molecule has 0 spiro atoms. The summed E-state index contributed by atoms with van der Waals surface area (Å²) >= 11 is 0. The number of halogens is 3. The molecule has 0 aliphatic carbocycles. The molecular formula is C27H32F3N5O5S. The molecule has 0 unspecified atom stereocenters. The number of nitrogens with two attached hydrogens (primary N) is 1. The molecule has 0 fully saturated rings. The number of rotatable bonds is 8. The number of pyridine rings is 3. The van der Waals surface area contributed by atoms with E-state index < -0.39 is 51.4 Å². The predicted octanol–water partition coefficient (Wildman–Crippen LogP) is 4.76. The zero-order valence-corrected chi connectivity index (χ0v) is 24.3. The van der Waals surface area contributed by atoms with E-state index in [9.17, 15) is 26.4 Å². The predicted molar refractivity (Wildman–Crippen MR) is 147 cm³/mol. The van der Waals surface area contributed by atoms with Gasteiger partial charge < -0.3 is 20.5 Å². The van der Waals surface area contributed by atoms with Crippen molar-refractivity contribution in [3.8, 4) is 5.88 Å². The van der Waals surface area contributed by atoms with E-state index in [4.69, 9.17) is 15.2 Å². The van der Waals surface area contributed by atoms with Crippen LogP contribution in [0.3, 0.4) is 0 Å². The third-order valence-electron chi connectivity index (χ3n) is 7.01. The van der Waals surface area contributed by atoms with Crippen molar-refractivity contribution in [3.63, 3.8) is 0 Å². The maximum atomic E-state index is 13.7. The number of carbonyl (C=O) groups excluding carboxylic acids is 1. The monoisotopic (exact) mass is 595 g/mol. The lowest BCUT2D eigenvalue weighted by Crippen LogP contribution is -2.39. The van der Waals surface area contributed by atoms with Gasteiger partial charge in [-0.15, -0.1) is 0 Å². The first-order chi connectivity index (χ1) is 18.8. The highest BCUT2D eigenvalue weighted by Crippen LogP contribution is 2.39. The van der Waals surface area contributed by atoms with Crippen molar-refractivity contribution >= 4 is 38.2 Å². The molecule has 0 saturated heterocycles. The van der Waals surface area contributed by atoms with Crippen molar-refractivity contribution in [1.82, 2.24) is 15.0 Å². The van der Waals surface area contributed by atoms with Gasteiger partial charge >= 0.3 is 12.1 Å². The molecule has 0 radical (unpaired) electrons. The highest BCUT2D eigenvalue weighted by molar-refractivity contribution is 7.90. The van der Waals surface area contributed by atoms with Gasteiger partial charge in [0.2, 0.25) is 5.88 Å². The van der Waals surface area contributed by atoms with Gasteiger partial charge in [-0.1, -0.05) is 6.92 Å². The van der Waals surface area contributed by atoms with Crippen LogP contribution in [0.2, 0.25) is 0 Å². The Kier molecular flexibility index (Phi) is 7.71. The minimum atomic E-state index is -4.84. The number of cyclic esters (lactones) is 1. The first-order valence-corrected chi connectivity index (χ1v) is 14.8. The molecule has 1 aliphatic rings. The third kappa shape index (κ3) is 6.70. The Balaban J connectivity index is 1.73. The summed E-state index contributed by atoms with van der Waals surface area (Å²) in [5, 5.41) is 3.68. The van der Waals surface area contributed by atoms with E-state index in [0.717, 1.165) is 6.26 Å². The summed E-state index contributed by atoms with van der Waals surface area (Å²) in [7, 11) is -3.66. The second-order valence-corrected chi connectivity index (χ2v) is 13.6. The van der Waals surface area contributed by atoms with Crippen LogP contribution in [0.25, 0.3) is 10.8 Å². The number of esters is 1. The third-order valence-corrected chi connectivity index (χ3v) is 7.99. The van der Waals surface area contributed by atoms with Crippen LogP contribution in [0.5, 0.6) is 5.88 Å². The Hall–Kier alpha value is -3.52. The van der Waals surface area contributed by atoms with Crippen LogP contribution in [-0.2, 0) is 20.1 Å². The van der Waals surface area contributed by atoms with Crippen molar-refractivity contribution in [3.05, 3.63) is 47.4 Å². The largest absolute Gasteiger partial charge is 0.464 e. The number of nitrogens with one attached hydrogen (secondary N) is 1. The second kappa shape index (κ2) is 10.4. The van der Waals surface area contributed by atoms with E-state index in [1.165, 1.54) is 12.4 Å². The van der Waals surface area contributed by atoms with E-state index in [2.05, 4.69) is 20.3 Å². The molecule has 0 saturated carbocycles. The molecule has 3 N–H and O–H groups in total. The maximum absolute atomic E-state index is 13.7. The van der Waals surface area contributed by atoms with Gasteiger partial charge in [-0.05, 0) is 56.8 Å². The smallest absolute Gasteiger partial charge is 0.425 e. The number of hydrogen-bond donors (Lipinski definition) is 2. The van der Waals surface area contributed by atoms with E-state index in [-0.39, 0.29) is 17.2 Å². The van der Waals surface area contributed by atoms with Gasteiger partial charge in [0.05, 0.1) is 22.4 Å². The average Bonchev–Trinajstić information content (AvgIpc) is 2.82. The molecule has 4 rings (SSSR count). The summed E-state index contributed by atoms with van der Waals surface area (Å²) in [4.78, 5) is 25.5. The maximum Gasteiger partial charge on any atom is 0.425 e. The molecule has 10 nitrogen and oxygen atoms in total. The Morgan fingerprint density at radius 3 is 2.44 bits per heavy atom. The minimum absolute atomic E-state index is 0.164. The molecule has 14 heteroatoms. The molecule has 1 aliphatic heterocycles. The normalized spacial score (nSPS) is 18.0. The molecule has 0 amide bonds. The molecular weight excluding hydrogens is 563 g/mol. The van der Waals surface area contributed by atoms with Crippen molar-refractivity contribution in [2.24, 2.45) is 5.73 Å². The number of ether oxygens (including phenoxy) is 2. The van der Waals surface area contributed by atoms with Gasteiger partial charge in [-0.2, -0.15) is 13.2 Å². The minimum Gasteiger partial charge on any atom is -0.464 e. The number of aromatic nitrogens is 3. The summed E-state index contributed by atoms with van der Waals surface area (Å²) in [6.07, 6.45) is -4.54. The van der Waals surface area contributed by atoms with Crippen LogP contribution in [0.15, 0.2) is 30.6 Å². The fraction of sp³-hybridized carbons (Fsp3) is 0.481. The Morgan fingerprint density at radius 2 is 1.83 bits per heavy atom. The summed E-state index contributed by atoms with van der Waals surface area (Å²) in [5.74, 6) is -1.02. The Labute approximate surface area is 235 Å². The SMILES string of the molecule is C[C@@H]1c2nc(Nc3cc4c(C(C)(C)N)cnc(O[C@H](CCS(C)(=O)=O)C(F)(F)F)c4cn3)ccc2C(=O)OC1(C)C. The Bertz CT molecular complexity index is 1600. The lowest BCUT2D eigenvalue weighted by atomic mass is 9.84. The summed E-state index contributed by atoms with van der Waals surface area (Å²) < 4.78 is 75.0. The fourth-order valence-corrected chi connectivity index (χ4v) is 5.06. The molecule has 3 aromatic heterocycles. The molecule has 41 heavy (non-hydrogen) atoms. The number of hydrogen-bond acceptors (Lipinski definition) is 10. The van der Waals surface area contributed by atoms with Crippen LogP contribution in [0.1, 0.15) is 68.6 Å². The Morgan fingerprint density at radius 1 is 1.15 bits per heavy atom. The molecule has 2 atom stereocenters. The first kappa shape index (κ1) is 30.4. The second-order valence-electron chi connectivity index (χ2n) is 11.3. The zero-order valence-electron chi connectivity index (χ0n) is 23.5. The van der Waals surface area contributed by atoms with Gasteiger partial charge in [0.1, 0.15) is 27.1 Å². The van der Waals surface area contributed by atoms with E-state index >= 15 is 0 Å². The van der Waals surface area contributed by atoms with Crippen LogP contribution < -0.4 is 15.8 Å². The number of carbonyl (C=O) groups is 1. The average molecular weight is 596 g/mol. The molecule has 4 heterocycles.